The second kappa shape index (κ2) is 10.8. The van der Waals surface area contributed by atoms with Crippen molar-refractivity contribution in [1.82, 2.24) is 24.8 Å². The number of thiophene rings is 1. The van der Waals surface area contributed by atoms with Crippen LogP contribution in [-0.4, -0.2) is 56.6 Å². The molecule has 0 unspecified atom stereocenters. The van der Waals surface area contributed by atoms with Crippen LogP contribution in [0.25, 0.3) is 32.4 Å². The fourth-order valence-electron chi connectivity index (χ4n) is 5.43. The van der Waals surface area contributed by atoms with Crippen molar-refractivity contribution >= 4 is 67.4 Å². The lowest BCUT2D eigenvalue weighted by molar-refractivity contribution is -0.191. The number of piperidine rings is 1. The third-order valence-corrected chi connectivity index (χ3v) is 9.05. The SMILES string of the molecule is C=CC(=O)ON1CCC[C@@H](n2nc(-c3ccc(NC(=O)c4sc5ccccc5c4Cl)c4c3OCO4)c3c(N)ncnc32)C1. The molecule has 1 atom stereocenters. The molecule has 1 fully saturated rings. The summed E-state index contributed by atoms with van der Waals surface area (Å²) in [5.74, 6) is 0.138. The molecule has 12 nitrogen and oxygen atoms in total. The number of carbonyl (C=O) groups is 2. The van der Waals surface area contributed by atoms with Gasteiger partial charge in [0.25, 0.3) is 5.91 Å². The summed E-state index contributed by atoms with van der Waals surface area (Å²) in [5, 5.41) is 11.2. The highest BCUT2D eigenvalue weighted by molar-refractivity contribution is 7.21. The highest BCUT2D eigenvalue weighted by Crippen LogP contribution is 2.48. The van der Waals surface area contributed by atoms with Crippen LogP contribution in [0.4, 0.5) is 11.5 Å². The molecular weight excluding hydrogens is 594 g/mol. The van der Waals surface area contributed by atoms with Crippen molar-refractivity contribution in [3.63, 3.8) is 0 Å². The molecule has 7 rings (SSSR count). The molecule has 0 bridgehead atoms. The zero-order valence-corrected chi connectivity index (χ0v) is 24.2. The van der Waals surface area contributed by atoms with Gasteiger partial charge >= 0.3 is 5.97 Å². The summed E-state index contributed by atoms with van der Waals surface area (Å²) in [7, 11) is 0. The first-order chi connectivity index (χ1) is 20.9. The number of amides is 1. The van der Waals surface area contributed by atoms with E-state index in [2.05, 4.69) is 21.9 Å². The van der Waals surface area contributed by atoms with Gasteiger partial charge < -0.3 is 25.4 Å². The number of carbonyl (C=O) groups excluding carboxylic acids is 2. The maximum atomic E-state index is 13.3. The molecule has 0 spiro atoms. The van der Waals surface area contributed by atoms with Crippen LogP contribution in [0.15, 0.2) is 55.4 Å². The zero-order chi connectivity index (χ0) is 29.7. The Labute approximate surface area is 253 Å². The third-order valence-electron chi connectivity index (χ3n) is 7.37. The van der Waals surface area contributed by atoms with Gasteiger partial charge in [-0.25, -0.2) is 19.4 Å². The van der Waals surface area contributed by atoms with Gasteiger partial charge in [-0.3, -0.25) is 4.79 Å². The lowest BCUT2D eigenvalue weighted by Gasteiger charge is -2.31. The number of anilines is 2. The van der Waals surface area contributed by atoms with Crippen LogP contribution in [0.5, 0.6) is 11.5 Å². The van der Waals surface area contributed by atoms with Gasteiger partial charge in [0.2, 0.25) is 6.79 Å². The smallest absolute Gasteiger partial charge is 0.349 e. The predicted octanol–water partition coefficient (Wildman–Crippen LogP) is 5.21. The molecule has 1 amide bonds. The van der Waals surface area contributed by atoms with Crippen LogP contribution in [0, 0.1) is 0 Å². The first-order valence-corrected chi connectivity index (χ1v) is 14.6. The number of nitrogens with one attached hydrogen (secondary N) is 1. The second-order valence-electron chi connectivity index (χ2n) is 9.97. The highest BCUT2D eigenvalue weighted by Gasteiger charge is 2.31. The maximum Gasteiger partial charge on any atom is 0.349 e. The van der Waals surface area contributed by atoms with Gasteiger partial charge in [-0.05, 0) is 31.0 Å². The predicted molar refractivity (Wildman–Crippen MR) is 162 cm³/mol. The first kappa shape index (κ1) is 27.1. The van der Waals surface area contributed by atoms with Gasteiger partial charge in [0.05, 0.1) is 28.7 Å². The molecule has 14 heteroatoms. The molecule has 0 aliphatic carbocycles. The Balaban J connectivity index is 1.25. The molecule has 43 heavy (non-hydrogen) atoms. The van der Waals surface area contributed by atoms with E-state index in [0.717, 1.165) is 29.0 Å². The van der Waals surface area contributed by atoms with Crippen LogP contribution in [0.1, 0.15) is 28.6 Å². The Bertz CT molecular complexity index is 1940. The molecule has 2 aliphatic heterocycles. The minimum absolute atomic E-state index is 0.0459. The number of benzene rings is 2. The fraction of sp³-hybridized carbons (Fsp3) is 0.207. The summed E-state index contributed by atoms with van der Waals surface area (Å²) in [6.45, 7) is 4.42. The number of halogens is 1. The van der Waals surface area contributed by atoms with Gasteiger partial charge in [0.15, 0.2) is 17.1 Å². The number of nitrogens with two attached hydrogens (primary N) is 1. The van der Waals surface area contributed by atoms with Gasteiger partial charge in [0.1, 0.15) is 22.7 Å². The quantitative estimate of drug-likeness (QED) is 0.243. The largest absolute Gasteiger partial charge is 0.453 e. The molecule has 2 aromatic carbocycles. The molecular formula is C29H24ClN7O5S. The van der Waals surface area contributed by atoms with E-state index in [4.69, 9.17) is 36.7 Å². The van der Waals surface area contributed by atoms with Crippen molar-refractivity contribution in [2.45, 2.75) is 18.9 Å². The Hall–Kier alpha value is -4.72. The van der Waals surface area contributed by atoms with E-state index in [1.165, 1.54) is 17.7 Å². The van der Waals surface area contributed by atoms with Gasteiger partial charge in [-0.1, -0.05) is 36.4 Å². The number of ether oxygens (including phenoxy) is 2. The molecule has 5 heterocycles. The molecule has 0 saturated carbocycles. The zero-order valence-electron chi connectivity index (χ0n) is 22.6. The van der Waals surface area contributed by atoms with Crippen molar-refractivity contribution in [2.75, 3.05) is 30.9 Å². The molecule has 3 N–H and O–H groups in total. The summed E-state index contributed by atoms with van der Waals surface area (Å²) in [6.07, 6.45) is 4.08. The summed E-state index contributed by atoms with van der Waals surface area (Å²) >= 11 is 7.86. The number of fused-ring (bicyclic) bond motifs is 3. The number of nitrogens with zero attached hydrogens (tertiary/aromatic N) is 5. The summed E-state index contributed by atoms with van der Waals surface area (Å²) in [5.41, 5.74) is 8.42. The Morgan fingerprint density at radius 2 is 2.02 bits per heavy atom. The first-order valence-electron chi connectivity index (χ1n) is 13.4. The van der Waals surface area contributed by atoms with Crippen molar-refractivity contribution in [3.8, 4) is 22.8 Å². The average Bonchev–Trinajstić information content (AvgIpc) is 3.75. The lowest BCUT2D eigenvalue weighted by Crippen LogP contribution is -2.38. The van der Waals surface area contributed by atoms with Crippen LogP contribution < -0.4 is 20.5 Å². The van der Waals surface area contributed by atoms with E-state index < -0.39 is 5.97 Å². The van der Waals surface area contributed by atoms with E-state index in [0.29, 0.717) is 62.5 Å². The van der Waals surface area contributed by atoms with Crippen LogP contribution in [0.3, 0.4) is 0 Å². The van der Waals surface area contributed by atoms with E-state index in [1.54, 1.807) is 21.9 Å². The minimum Gasteiger partial charge on any atom is -0.453 e. The minimum atomic E-state index is -0.521. The molecule has 3 aromatic heterocycles. The monoisotopic (exact) mass is 617 g/mol. The molecule has 2 aliphatic rings. The summed E-state index contributed by atoms with van der Waals surface area (Å²) in [6, 6.07) is 10.9. The molecule has 0 radical (unpaired) electrons. The highest BCUT2D eigenvalue weighted by atomic mass is 35.5. The van der Waals surface area contributed by atoms with E-state index in [-0.39, 0.29) is 24.6 Å². The normalized spacial score (nSPS) is 16.4. The van der Waals surface area contributed by atoms with Gasteiger partial charge in [-0.15, -0.1) is 16.4 Å². The van der Waals surface area contributed by atoms with Crippen molar-refractivity contribution in [2.24, 2.45) is 0 Å². The third kappa shape index (κ3) is 4.71. The summed E-state index contributed by atoms with van der Waals surface area (Å²) < 4.78 is 14.4. The van der Waals surface area contributed by atoms with Crippen molar-refractivity contribution in [1.29, 1.82) is 0 Å². The number of hydrogen-bond acceptors (Lipinski definition) is 11. The molecule has 5 aromatic rings. The Morgan fingerprint density at radius 1 is 1.19 bits per heavy atom. The maximum absolute atomic E-state index is 13.3. The standard InChI is InChI=1S/C29H24ClN7O5S/c1-2-20(38)42-36-11-5-6-15(12-36)37-28-21(27(31)32-13-33-28)23(35-37)17-9-10-18(25-24(17)40-14-41-25)34-29(39)26-22(30)16-7-3-4-8-19(16)43-26/h2-4,7-10,13,15H,1,5-6,11-12,14H2,(H,34,39)(H2,31,32,33)/t15-/m1/s1. The Morgan fingerprint density at radius 3 is 2.86 bits per heavy atom. The molecule has 1 saturated heterocycles. The topological polar surface area (TPSA) is 147 Å². The fourth-order valence-corrected chi connectivity index (χ4v) is 6.84. The second-order valence-corrected chi connectivity index (χ2v) is 11.4. The Kier molecular flexibility index (Phi) is 6.84. The van der Waals surface area contributed by atoms with Crippen molar-refractivity contribution < 1.29 is 23.9 Å². The number of hydroxylamine groups is 2. The van der Waals surface area contributed by atoms with Crippen LogP contribution in [-0.2, 0) is 9.63 Å². The van der Waals surface area contributed by atoms with E-state index in [1.807, 2.05) is 24.3 Å². The van der Waals surface area contributed by atoms with Gasteiger partial charge in [-0.2, -0.15) is 5.10 Å². The number of hydrogen-bond donors (Lipinski definition) is 2. The van der Waals surface area contributed by atoms with E-state index in [9.17, 15) is 9.59 Å². The number of aromatic nitrogens is 4. The molecule has 218 valence electrons. The number of nitrogen functional groups attached to an aromatic ring is 1. The van der Waals surface area contributed by atoms with E-state index >= 15 is 0 Å². The lowest BCUT2D eigenvalue weighted by atomic mass is 10.1. The van der Waals surface area contributed by atoms with Crippen molar-refractivity contribution in [3.05, 3.63) is 65.3 Å². The van der Waals surface area contributed by atoms with Crippen LogP contribution in [0.2, 0.25) is 5.02 Å². The van der Waals surface area contributed by atoms with Crippen LogP contribution >= 0.6 is 22.9 Å². The van der Waals surface area contributed by atoms with Gasteiger partial charge in [0, 0.05) is 28.3 Å². The summed E-state index contributed by atoms with van der Waals surface area (Å²) in [4.78, 5) is 39.6. The average molecular weight is 618 g/mol. The number of rotatable bonds is 6.